The standard InChI is InChI=1S/C17H18F3N/c1-21(2)11-10-15-12-14(13-6-4-3-5-7-13)8-9-16(15)17(18,19)20/h3-9,12H,10-11H2,1-2H3. The minimum Gasteiger partial charge on any atom is -0.309 e. The van der Waals surface area contributed by atoms with E-state index in [0.29, 0.717) is 18.5 Å². The summed E-state index contributed by atoms with van der Waals surface area (Å²) in [5, 5.41) is 0. The van der Waals surface area contributed by atoms with Crippen molar-refractivity contribution >= 4 is 0 Å². The molecule has 0 aliphatic heterocycles. The van der Waals surface area contributed by atoms with Gasteiger partial charge in [-0.3, -0.25) is 0 Å². The number of hydrogen-bond donors (Lipinski definition) is 0. The minimum atomic E-state index is -4.31. The SMILES string of the molecule is CN(C)CCc1cc(-c2ccccc2)ccc1C(F)(F)F. The molecule has 4 heteroatoms. The molecule has 21 heavy (non-hydrogen) atoms. The van der Waals surface area contributed by atoms with Crippen molar-refractivity contribution in [3.05, 3.63) is 59.7 Å². The first-order valence-corrected chi connectivity index (χ1v) is 6.78. The highest BCUT2D eigenvalue weighted by Gasteiger charge is 2.33. The number of benzene rings is 2. The van der Waals surface area contributed by atoms with Crippen LogP contribution in [0, 0.1) is 0 Å². The van der Waals surface area contributed by atoms with E-state index in [-0.39, 0.29) is 0 Å². The molecule has 0 aliphatic rings. The van der Waals surface area contributed by atoms with Gasteiger partial charge < -0.3 is 4.90 Å². The zero-order valence-electron chi connectivity index (χ0n) is 12.1. The lowest BCUT2D eigenvalue weighted by Gasteiger charge is -2.16. The lowest BCUT2D eigenvalue weighted by molar-refractivity contribution is -0.138. The molecule has 112 valence electrons. The van der Waals surface area contributed by atoms with Crippen LogP contribution in [0.4, 0.5) is 13.2 Å². The Labute approximate surface area is 123 Å². The molecule has 0 amide bonds. The van der Waals surface area contributed by atoms with Gasteiger partial charge in [-0.1, -0.05) is 42.5 Å². The normalized spacial score (nSPS) is 11.9. The molecule has 2 aromatic carbocycles. The van der Waals surface area contributed by atoms with Crippen LogP contribution in [0.2, 0.25) is 0 Å². The van der Waals surface area contributed by atoms with Gasteiger partial charge in [0.15, 0.2) is 0 Å². The number of alkyl halides is 3. The maximum Gasteiger partial charge on any atom is 0.416 e. The average molecular weight is 293 g/mol. The second-order valence-electron chi connectivity index (χ2n) is 5.29. The van der Waals surface area contributed by atoms with Crippen LogP contribution in [0.25, 0.3) is 11.1 Å². The van der Waals surface area contributed by atoms with Crippen LogP contribution in [-0.4, -0.2) is 25.5 Å². The van der Waals surface area contributed by atoms with Crippen molar-refractivity contribution in [2.75, 3.05) is 20.6 Å². The number of hydrogen-bond acceptors (Lipinski definition) is 1. The third-order valence-corrected chi connectivity index (χ3v) is 3.35. The first kappa shape index (κ1) is 15.6. The van der Waals surface area contributed by atoms with E-state index in [1.54, 1.807) is 6.07 Å². The van der Waals surface area contributed by atoms with Gasteiger partial charge >= 0.3 is 6.18 Å². The third-order valence-electron chi connectivity index (χ3n) is 3.35. The van der Waals surface area contributed by atoms with Crippen LogP contribution < -0.4 is 0 Å². The van der Waals surface area contributed by atoms with E-state index in [1.807, 2.05) is 49.3 Å². The van der Waals surface area contributed by atoms with Crippen molar-refractivity contribution in [3.63, 3.8) is 0 Å². The fourth-order valence-electron chi connectivity index (χ4n) is 2.23. The maximum atomic E-state index is 13.1. The molecule has 1 nitrogen and oxygen atoms in total. The highest BCUT2D eigenvalue weighted by atomic mass is 19.4. The zero-order chi connectivity index (χ0) is 15.5. The molecule has 0 radical (unpaired) electrons. The smallest absolute Gasteiger partial charge is 0.309 e. The molecule has 0 saturated heterocycles. The second-order valence-corrected chi connectivity index (χ2v) is 5.29. The fraction of sp³-hybridized carbons (Fsp3) is 0.294. The molecule has 0 fully saturated rings. The highest BCUT2D eigenvalue weighted by molar-refractivity contribution is 5.65. The maximum absolute atomic E-state index is 13.1. The molecule has 0 atom stereocenters. The summed E-state index contributed by atoms with van der Waals surface area (Å²) < 4.78 is 39.3. The van der Waals surface area contributed by atoms with Gasteiger partial charge in [-0.05, 0) is 43.3 Å². The van der Waals surface area contributed by atoms with E-state index in [9.17, 15) is 13.2 Å². The van der Waals surface area contributed by atoms with Crippen LogP contribution in [0.5, 0.6) is 0 Å². The Morgan fingerprint density at radius 1 is 0.905 bits per heavy atom. The van der Waals surface area contributed by atoms with Gasteiger partial charge in [0.2, 0.25) is 0 Å². The molecule has 2 aromatic rings. The van der Waals surface area contributed by atoms with Crippen LogP contribution in [-0.2, 0) is 12.6 Å². The second kappa shape index (κ2) is 6.31. The molecular weight excluding hydrogens is 275 g/mol. The van der Waals surface area contributed by atoms with Gasteiger partial charge in [-0.25, -0.2) is 0 Å². The van der Waals surface area contributed by atoms with Crippen molar-refractivity contribution < 1.29 is 13.2 Å². The average Bonchev–Trinajstić information content (AvgIpc) is 2.44. The summed E-state index contributed by atoms with van der Waals surface area (Å²) >= 11 is 0. The molecule has 0 heterocycles. The number of nitrogens with zero attached hydrogens (tertiary/aromatic N) is 1. The van der Waals surface area contributed by atoms with Crippen LogP contribution >= 0.6 is 0 Å². The predicted octanol–water partition coefficient (Wildman–Crippen LogP) is 4.48. The summed E-state index contributed by atoms with van der Waals surface area (Å²) in [4.78, 5) is 1.88. The van der Waals surface area contributed by atoms with E-state index in [2.05, 4.69) is 0 Å². The van der Waals surface area contributed by atoms with Gasteiger partial charge in [0.1, 0.15) is 0 Å². The van der Waals surface area contributed by atoms with Crippen molar-refractivity contribution in [1.82, 2.24) is 4.90 Å². The number of likely N-dealkylation sites (N-methyl/N-ethyl adjacent to an activating group) is 1. The van der Waals surface area contributed by atoms with Crippen LogP contribution in [0.3, 0.4) is 0 Å². The number of rotatable bonds is 4. The van der Waals surface area contributed by atoms with Gasteiger partial charge in [0, 0.05) is 6.54 Å². The van der Waals surface area contributed by atoms with Crippen LogP contribution in [0.15, 0.2) is 48.5 Å². The molecule has 0 saturated carbocycles. The topological polar surface area (TPSA) is 3.24 Å². The monoisotopic (exact) mass is 293 g/mol. The van der Waals surface area contributed by atoms with Crippen molar-refractivity contribution in [2.24, 2.45) is 0 Å². The summed E-state index contributed by atoms with van der Waals surface area (Å²) in [5.74, 6) is 0. The highest BCUT2D eigenvalue weighted by Crippen LogP contribution is 2.34. The molecule has 0 bridgehead atoms. The fourth-order valence-corrected chi connectivity index (χ4v) is 2.23. The molecule has 0 unspecified atom stereocenters. The molecule has 2 rings (SSSR count). The first-order chi connectivity index (χ1) is 9.88. The van der Waals surface area contributed by atoms with Gasteiger partial charge in [0.25, 0.3) is 0 Å². The van der Waals surface area contributed by atoms with E-state index in [0.717, 1.165) is 11.1 Å². The lowest BCUT2D eigenvalue weighted by atomic mass is 9.97. The third kappa shape index (κ3) is 4.08. The Morgan fingerprint density at radius 2 is 1.57 bits per heavy atom. The van der Waals surface area contributed by atoms with Crippen LogP contribution in [0.1, 0.15) is 11.1 Å². The quantitative estimate of drug-likeness (QED) is 0.803. The Morgan fingerprint density at radius 3 is 2.14 bits per heavy atom. The van der Waals surface area contributed by atoms with Gasteiger partial charge in [-0.15, -0.1) is 0 Å². The van der Waals surface area contributed by atoms with Crippen molar-refractivity contribution in [2.45, 2.75) is 12.6 Å². The largest absolute Gasteiger partial charge is 0.416 e. The summed E-state index contributed by atoms with van der Waals surface area (Å²) in [7, 11) is 3.71. The first-order valence-electron chi connectivity index (χ1n) is 6.78. The van der Waals surface area contributed by atoms with E-state index < -0.39 is 11.7 Å². The summed E-state index contributed by atoms with van der Waals surface area (Å²) in [5.41, 5.74) is 1.55. The van der Waals surface area contributed by atoms with Gasteiger partial charge in [-0.2, -0.15) is 13.2 Å². The van der Waals surface area contributed by atoms with E-state index in [4.69, 9.17) is 0 Å². The lowest BCUT2D eigenvalue weighted by Crippen LogP contribution is -2.18. The molecule has 0 spiro atoms. The number of halogens is 3. The molecule has 0 aromatic heterocycles. The Hall–Kier alpha value is -1.81. The van der Waals surface area contributed by atoms with Crippen molar-refractivity contribution in [3.8, 4) is 11.1 Å². The molecule has 0 N–H and O–H groups in total. The van der Waals surface area contributed by atoms with Crippen molar-refractivity contribution in [1.29, 1.82) is 0 Å². The zero-order valence-corrected chi connectivity index (χ0v) is 12.1. The Bertz CT molecular complexity index is 589. The minimum absolute atomic E-state index is 0.345. The Balaban J connectivity index is 2.41. The summed E-state index contributed by atoms with van der Waals surface area (Å²) in [6.07, 6.45) is -3.93. The Kier molecular flexibility index (Phi) is 4.68. The molecular formula is C17H18F3N. The molecule has 0 aliphatic carbocycles. The van der Waals surface area contributed by atoms with Gasteiger partial charge in [0.05, 0.1) is 5.56 Å². The van der Waals surface area contributed by atoms with E-state index in [1.165, 1.54) is 12.1 Å². The predicted molar refractivity (Wildman–Crippen MR) is 79.1 cm³/mol. The summed E-state index contributed by atoms with van der Waals surface area (Å²) in [6, 6.07) is 13.8. The van der Waals surface area contributed by atoms with E-state index >= 15 is 0 Å². The summed E-state index contributed by atoms with van der Waals surface area (Å²) in [6.45, 7) is 0.585.